The molecule has 0 saturated heterocycles. The summed E-state index contributed by atoms with van der Waals surface area (Å²) in [6, 6.07) is 7.18. The van der Waals surface area contributed by atoms with Crippen LogP contribution >= 0.6 is 11.6 Å². The first kappa shape index (κ1) is 14.0. The van der Waals surface area contributed by atoms with E-state index in [1.54, 1.807) is 12.1 Å². The molecule has 1 aromatic rings. The Bertz CT molecular complexity index is 533. The molecule has 0 fully saturated rings. The van der Waals surface area contributed by atoms with Gasteiger partial charge in [-0.15, -0.1) is 0 Å². The molecule has 18 heavy (non-hydrogen) atoms. The molecular formula is C13H13ClN4. The van der Waals surface area contributed by atoms with E-state index in [0.717, 1.165) is 29.7 Å². The minimum Gasteiger partial charge on any atom is -0.276 e. The lowest BCUT2D eigenvalue weighted by molar-refractivity contribution is 1.07. The van der Waals surface area contributed by atoms with Crippen molar-refractivity contribution in [3.63, 3.8) is 0 Å². The van der Waals surface area contributed by atoms with E-state index in [-0.39, 0.29) is 5.71 Å². The van der Waals surface area contributed by atoms with Gasteiger partial charge >= 0.3 is 0 Å². The summed E-state index contributed by atoms with van der Waals surface area (Å²) in [5.74, 6) is 0. The van der Waals surface area contributed by atoms with E-state index in [0.29, 0.717) is 5.02 Å². The van der Waals surface area contributed by atoms with Gasteiger partial charge in [-0.2, -0.15) is 15.6 Å². The third-order valence-electron chi connectivity index (χ3n) is 2.57. The number of aryl methyl sites for hydroxylation is 1. The van der Waals surface area contributed by atoms with Gasteiger partial charge in [-0.05, 0) is 30.0 Å². The van der Waals surface area contributed by atoms with Crippen LogP contribution in [0.4, 0.5) is 5.69 Å². The fourth-order valence-electron chi connectivity index (χ4n) is 1.64. The number of nitrogens with zero attached hydrogens (tertiary/aromatic N) is 3. The van der Waals surface area contributed by atoms with Gasteiger partial charge in [0.05, 0.1) is 5.69 Å². The number of benzene rings is 1. The second-order valence-corrected chi connectivity index (χ2v) is 3.97. The van der Waals surface area contributed by atoms with Gasteiger partial charge < -0.3 is 0 Å². The molecule has 92 valence electrons. The van der Waals surface area contributed by atoms with E-state index in [9.17, 15) is 0 Å². The summed E-state index contributed by atoms with van der Waals surface area (Å²) in [5, 5.41) is 21.7. The zero-order chi connectivity index (χ0) is 13.5. The molecule has 0 bridgehead atoms. The highest BCUT2D eigenvalue weighted by molar-refractivity contribution is 6.31. The van der Waals surface area contributed by atoms with E-state index in [2.05, 4.69) is 10.5 Å². The molecule has 1 aromatic carbocycles. The van der Waals surface area contributed by atoms with Crippen molar-refractivity contribution in [1.29, 1.82) is 10.5 Å². The maximum Gasteiger partial charge on any atom is 0.237 e. The lowest BCUT2D eigenvalue weighted by Gasteiger charge is -2.13. The summed E-state index contributed by atoms with van der Waals surface area (Å²) in [6.45, 7) is 4.01. The highest BCUT2D eigenvalue weighted by atomic mass is 35.5. The first-order valence-electron chi connectivity index (χ1n) is 5.62. The minimum absolute atomic E-state index is 0.209. The molecule has 0 atom stereocenters. The molecule has 0 aliphatic rings. The number of hydrogen-bond acceptors (Lipinski definition) is 4. The van der Waals surface area contributed by atoms with Crippen LogP contribution in [-0.4, -0.2) is 5.71 Å². The SMILES string of the molecule is CCc1ccc(Cl)c(CC)c1NN=C(C#N)C#N. The van der Waals surface area contributed by atoms with Crippen molar-refractivity contribution in [2.45, 2.75) is 26.7 Å². The van der Waals surface area contributed by atoms with E-state index in [1.807, 2.05) is 26.0 Å². The Morgan fingerprint density at radius 3 is 2.44 bits per heavy atom. The van der Waals surface area contributed by atoms with Crippen LogP contribution in [0.3, 0.4) is 0 Å². The Morgan fingerprint density at radius 1 is 1.28 bits per heavy atom. The van der Waals surface area contributed by atoms with Crippen LogP contribution < -0.4 is 5.43 Å². The molecule has 0 radical (unpaired) electrons. The number of rotatable bonds is 4. The summed E-state index contributed by atoms with van der Waals surface area (Å²) < 4.78 is 0. The molecule has 1 N–H and O–H groups in total. The fourth-order valence-corrected chi connectivity index (χ4v) is 1.93. The number of halogens is 1. The van der Waals surface area contributed by atoms with E-state index < -0.39 is 0 Å². The Morgan fingerprint density at radius 2 is 1.94 bits per heavy atom. The molecule has 0 amide bonds. The predicted molar refractivity (Wildman–Crippen MR) is 72.5 cm³/mol. The van der Waals surface area contributed by atoms with Crippen molar-refractivity contribution in [2.75, 3.05) is 5.43 Å². The average Bonchev–Trinajstić information content (AvgIpc) is 2.40. The lowest BCUT2D eigenvalue weighted by Crippen LogP contribution is -2.03. The van der Waals surface area contributed by atoms with Crippen molar-refractivity contribution in [1.82, 2.24) is 0 Å². The summed E-state index contributed by atoms with van der Waals surface area (Å²) in [6.07, 6.45) is 1.56. The largest absolute Gasteiger partial charge is 0.276 e. The molecule has 0 aliphatic carbocycles. The van der Waals surface area contributed by atoms with Crippen LogP contribution in [0, 0.1) is 22.7 Å². The van der Waals surface area contributed by atoms with Gasteiger partial charge in [-0.25, -0.2) is 0 Å². The lowest BCUT2D eigenvalue weighted by atomic mass is 10.0. The number of nitriles is 2. The van der Waals surface area contributed by atoms with E-state index in [4.69, 9.17) is 22.1 Å². The predicted octanol–water partition coefficient (Wildman–Crippen LogP) is 3.28. The van der Waals surface area contributed by atoms with E-state index >= 15 is 0 Å². The number of nitrogens with one attached hydrogen (secondary N) is 1. The van der Waals surface area contributed by atoms with Gasteiger partial charge in [0.2, 0.25) is 5.71 Å². The molecule has 0 saturated carbocycles. The first-order valence-corrected chi connectivity index (χ1v) is 5.99. The monoisotopic (exact) mass is 260 g/mol. The molecule has 0 unspecified atom stereocenters. The zero-order valence-corrected chi connectivity index (χ0v) is 11.0. The molecule has 1 rings (SSSR count). The smallest absolute Gasteiger partial charge is 0.237 e. The Kier molecular flexibility index (Phi) is 5.17. The van der Waals surface area contributed by atoms with Gasteiger partial charge in [0.15, 0.2) is 0 Å². The van der Waals surface area contributed by atoms with Crippen LogP contribution in [0.25, 0.3) is 0 Å². The third kappa shape index (κ3) is 3.00. The standard InChI is InChI=1S/C13H13ClN4/c1-3-9-5-6-12(14)11(4-2)13(9)18-17-10(7-15)8-16/h5-6,18H,3-4H2,1-2H3. The maximum absolute atomic E-state index is 8.64. The van der Waals surface area contributed by atoms with Crippen LogP contribution in [-0.2, 0) is 12.8 Å². The van der Waals surface area contributed by atoms with Gasteiger partial charge in [-0.1, -0.05) is 31.5 Å². The van der Waals surface area contributed by atoms with Crippen LogP contribution in [0.5, 0.6) is 0 Å². The van der Waals surface area contributed by atoms with Crippen LogP contribution in [0.1, 0.15) is 25.0 Å². The topological polar surface area (TPSA) is 72.0 Å². The molecule has 0 aliphatic heterocycles. The second kappa shape index (κ2) is 6.64. The van der Waals surface area contributed by atoms with Gasteiger partial charge in [0.25, 0.3) is 0 Å². The van der Waals surface area contributed by atoms with Crippen molar-refractivity contribution in [3.05, 3.63) is 28.3 Å². The summed E-state index contributed by atoms with van der Waals surface area (Å²) >= 11 is 6.12. The van der Waals surface area contributed by atoms with Gasteiger partial charge in [-0.3, -0.25) is 5.43 Å². The highest BCUT2D eigenvalue weighted by Gasteiger charge is 2.10. The summed E-state index contributed by atoms with van der Waals surface area (Å²) in [4.78, 5) is 0. The van der Waals surface area contributed by atoms with Crippen molar-refractivity contribution >= 4 is 23.0 Å². The molecule has 5 heteroatoms. The highest BCUT2D eigenvalue weighted by Crippen LogP contribution is 2.29. The Hall–Kier alpha value is -2.04. The number of hydrazone groups is 1. The quantitative estimate of drug-likeness (QED) is 0.667. The van der Waals surface area contributed by atoms with Crippen molar-refractivity contribution in [3.8, 4) is 12.1 Å². The van der Waals surface area contributed by atoms with Gasteiger partial charge in [0.1, 0.15) is 12.1 Å². The molecule has 4 nitrogen and oxygen atoms in total. The van der Waals surface area contributed by atoms with Crippen molar-refractivity contribution in [2.24, 2.45) is 5.10 Å². The fraction of sp³-hybridized carbons (Fsp3) is 0.308. The average molecular weight is 261 g/mol. The molecular weight excluding hydrogens is 248 g/mol. The Balaban J connectivity index is 3.23. The maximum atomic E-state index is 8.64. The minimum atomic E-state index is -0.209. The number of anilines is 1. The van der Waals surface area contributed by atoms with Crippen LogP contribution in [0.15, 0.2) is 17.2 Å². The summed E-state index contributed by atoms with van der Waals surface area (Å²) in [5.41, 5.74) is 5.35. The molecule has 0 aromatic heterocycles. The van der Waals surface area contributed by atoms with Crippen molar-refractivity contribution < 1.29 is 0 Å². The molecule has 0 spiro atoms. The Labute approximate surface area is 111 Å². The normalized spacial score (nSPS) is 9.17. The second-order valence-electron chi connectivity index (χ2n) is 3.56. The first-order chi connectivity index (χ1) is 8.67. The third-order valence-corrected chi connectivity index (χ3v) is 2.92. The zero-order valence-electron chi connectivity index (χ0n) is 10.3. The summed E-state index contributed by atoms with van der Waals surface area (Å²) in [7, 11) is 0. The molecule has 0 heterocycles. The van der Waals surface area contributed by atoms with Crippen LogP contribution in [0.2, 0.25) is 5.02 Å². The number of hydrogen-bond donors (Lipinski definition) is 1. The van der Waals surface area contributed by atoms with Gasteiger partial charge in [0, 0.05) is 5.02 Å². The van der Waals surface area contributed by atoms with E-state index in [1.165, 1.54) is 0 Å².